The Morgan fingerprint density at radius 1 is 1.53 bits per heavy atom. The van der Waals surface area contributed by atoms with Gasteiger partial charge < -0.3 is 20.9 Å². The second-order valence-corrected chi connectivity index (χ2v) is 4.37. The van der Waals surface area contributed by atoms with E-state index in [-0.39, 0.29) is 13.0 Å². The molecule has 0 spiro atoms. The van der Waals surface area contributed by atoms with Gasteiger partial charge in [-0.05, 0) is 13.8 Å². The van der Waals surface area contributed by atoms with E-state index in [0.717, 1.165) is 0 Å². The van der Waals surface area contributed by atoms with Crippen LogP contribution in [0.1, 0.15) is 20.3 Å². The fraction of sp³-hybridized carbons (Fsp3) is 0.778. The lowest BCUT2D eigenvalue weighted by Gasteiger charge is -2.28. The number of nitrogens with one attached hydrogen (secondary N) is 1. The number of carbonyl (C=O) groups is 2. The summed E-state index contributed by atoms with van der Waals surface area (Å²) in [6.07, 6.45) is 0.268. The van der Waals surface area contributed by atoms with Gasteiger partial charge in [-0.3, -0.25) is 4.79 Å². The molecular formula is C9H16N2O4. The molecule has 6 heteroatoms. The number of aliphatic carboxylic acids is 1. The van der Waals surface area contributed by atoms with Gasteiger partial charge in [-0.1, -0.05) is 0 Å². The first-order valence-corrected chi connectivity index (χ1v) is 4.70. The molecule has 0 aromatic carbocycles. The maximum Gasteiger partial charge on any atom is 0.331 e. The lowest BCUT2D eigenvalue weighted by atomic mass is 9.96. The number of amides is 1. The summed E-state index contributed by atoms with van der Waals surface area (Å²) in [5.41, 5.74) is 3.17. The first-order valence-electron chi connectivity index (χ1n) is 4.70. The molecule has 15 heavy (non-hydrogen) atoms. The molecule has 0 aliphatic carbocycles. The molecule has 1 unspecified atom stereocenters. The third-order valence-electron chi connectivity index (χ3n) is 2.37. The Morgan fingerprint density at radius 3 is 2.47 bits per heavy atom. The molecule has 0 aromatic rings. The van der Waals surface area contributed by atoms with Crippen molar-refractivity contribution in [2.75, 3.05) is 13.2 Å². The summed E-state index contributed by atoms with van der Waals surface area (Å²) in [4.78, 5) is 22.6. The standard InChI is InChI=1S/C9H16N2O4/c1-8(2,10)6(12)11-9(7(13)14)3-4-15-5-9/h3-5,10H2,1-2H3,(H,11,12)(H,13,14). The Kier molecular flexibility index (Phi) is 3.01. The molecule has 0 aromatic heterocycles. The van der Waals surface area contributed by atoms with Gasteiger partial charge in [0.15, 0.2) is 5.54 Å². The zero-order valence-electron chi connectivity index (χ0n) is 8.87. The average Bonchev–Trinajstić information content (AvgIpc) is 2.52. The van der Waals surface area contributed by atoms with Crippen molar-refractivity contribution in [3.8, 4) is 0 Å². The molecule has 0 bridgehead atoms. The molecule has 0 saturated carbocycles. The van der Waals surface area contributed by atoms with Crippen LogP contribution in [-0.4, -0.2) is 41.3 Å². The smallest absolute Gasteiger partial charge is 0.331 e. The van der Waals surface area contributed by atoms with Gasteiger partial charge in [0.2, 0.25) is 5.91 Å². The second kappa shape index (κ2) is 3.79. The SMILES string of the molecule is CC(C)(N)C(=O)NC1(C(=O)O)CCOC1. The number of carboxylic acids is 1. The number of carboxylic acid groups (broad SMARTS) is 1. The van der Waals surface area contributed by atoms with Gasteiger partial charge in [-0.15, -0.1) is 0 Å². The van der Waals surface area contributed by atoms with Gasteiger partial charge in [-0.25, -0.2) is 4.79 Å². The van der Waals surface area contributed by atoms with Crippen molar-refractivity contribution in [1.82, 2.24) is 5.32 Å². The van der Waals surface area contributed by atoms with E-state index in [1.165, 1.54) is 13.8 Å². The molecule has 86 valence electrons. The minimum absolute atomic E-state index is 0.00977. The van der Waals surface area contributed by atoms with Crippen molar-refractivity contribution in [3.63, 3.8) is 0 Å². The van der Waals surface area contributed by atoms with Crippen LogP contribution in [0.3, 0.4) is 0 Å². The minimum atomic E-state index is -1.31. The van der Waals surface area contributed by atoms with Crippen LogP contribution in [0.25, 0.3) is 0 Å². The molecule has 1 amide bonds. The van der Waals surface area contributed by atoms with Crippen LogP contribution in [0, 0.1) is 0 Å². The molecule has 1 saturated heterocycles. The van der Waals surface area contributed by atoms with Gasteiger partial charge >= 0.3 is 5.97 Å². The van der Waals surface area contributed by atoms with Gasteiger partial charge in [0.1, 0.15) is 0 Å². The number of carbonyl (C=O) groups excluding carboxylic acids is 1. The highest BCUT2D eigenvalue weighted by atomic mass is 16.5. The third kappa shape index (κ3) is 2.45. The Hall–Kier alpha value is -1.14. The van der Waals surface area contributed by atoms with Crippen LogP contribution in [0.5, 0.6) is 0 Å². The number of hydrogen-bond acceptors (Lipinski definition) is 4. The maximum atomic E-state index is 11.6. The van der Waals surface area contributed by atoms with Gasteiger partial charge in [-0.2, -0.15) is 0 Å². The predicted octanol–water partition coefficient (Wildman–Crippen LogP) is -0.916. The molecule has 6 nitrogen and oxygen atoms in total. The van der Waals surface area contributed by atoms with Crippen LogP contribution in [0.4, 0.5) is 0 Å². The summed E-state index contributed by atoms with van der Waals surface area (Å²) in [5.74, 6) is -1.58. The average molecular weight is 216 g/mol. The summed E-state index contributed by atoms with van der Waals surface area (Å²) in [7, 11) is 0. The highest BCUT2D eigenvalue weighted by Crippen LogP contribution is 2.19. The highest BCUT2D eigenvalue weighted by Gasteiger charge is 2.45. The molecule has 1 heterocycles. The quantitative estimate of drug-likeness (QED) is 0.566. The van der Waals surface area contributed by atoms with E-state index in [4.69, 9.17) is 15.6 Å². The van der Waals surface area contributed by atoms with E-state index >= 15 is 0 Å². The van der Waals surface area contributed by atoms with Crippen LogP contribution in [0.15, 0.2) is 0 Å². The minimum Gasteiger partial charge on any atom is -0.479 e. The lowest BCUT2D eigenvalue weighted by molar-refractivity contribution is -0.148. The van der Waals surface area contributed by atoms with Crippen molar-refractivity contribution < 1.29 is 19.4 Å². The molecule has 4 N–H and O–H groups in total. The fourth-order valence-corrected chi connectivity index (χ4v) is 1.26. The first kappa shape index (κ1) is 11.9. The van der Waals surface area contributed by atoms with Crippen molar-refractivity contribution in [3.05, 3.63) is 0 Å². The van der Waals surface area contributed by atoms with Crippen molar-refractivity contribution >= 4 is 11.9 Å². The van der Waals surface area contributed by atoms with Gasteiger partial charge in [0.05, 0.1) is 12.1 Å². The molecule has 1 aliphatic heterocycles. The summed E-state index contributed by atoms with van der Waals surface area (Å²) in [5, 5.41) is 11.5. The van der Waals surface area contributed by atoms with Crippen molar-refractivity contribution in [2.45, 2.75) is 31.3 Å². The van der Waals surface area contributed by atoms with Crippen molar-refractivity contribution in [1.29, 1.82) is 0 Å². The Balaban J connectivity index is 2.77. The highest BCUT2D eigenvalue weighted by molar-refractivity contribution is 5.91. The molecule has 1 fully saturated rings. The largest absolute Gasteiger partial charge is 0.479 e. The predicted molar refractivity (Wildman–Crippen MR) is 52.2 cm³/mol. The van der Waals surface area contributed by atoms with Crippen molar-refractivity contribution in [2.24, 2.45) is 5.73 Å². The number of nitrogens with two attached hydrogens (primary N) is 1. The van der Waals surface area contributed by atoms with Crippen LogP contribution >= 0.6 is 0 Å². The van der Waals surface area contributed by atoms with E-state index in [0.29, 0.717) is 6.61 Å². The molecule has 0 radical (unpaired) electrons. The Bertz CT molecular complexity index is 276. The molecule has 1 aliphatic rings. The molecule has 1 rings (SSSR count). The number of hydrogen-bond donors (Lipinski definition) is 3. The van der Waals surface area contributed by atoms with E-state index in [1.54, 1.807) is 0 Å². The number of ether oxygens (including phenoxy) is 1. The van der Waals surface area contributed by atoms with Crippen LogP contribution in [0.2, 0.25) is 0 Å². The fourth-order valence-electron chi connectivity index (χ4n) is 1.26. The summed E-state index contributed by atoms with van der Waals surface area (Å²) in [6, 6.07) is 0. The van der Waals surface area contributed by atoms with E-state index < -0.39 is 23.0 Å². The van der Waals surface area contributed by atoms with Crippen LogP contribution < -0.4 is 11.1 Å². The van der Waals surface area contributed by atoms with Crippen LogP contribution in [-0.2, 0) is 14.3 Å². The Morgan fingerprint density at radius 2 is 2.13 bits per heavy atom. The third-order valence-corrected chi connectivity index (χ3v) is 2.37. The normalized spacial score (nSPS) is 26.3. The first-order chi connectivity index (χ1) is 6.78. The zero-order chi connectivity index (χ0) is 11.7. The second-order valence-electron chi connectivity index (χ2n) is 4.37. The summed E-state index contributed by atoms with van der Waals surface area (Å²) >= 11 is 0. The Labute approximate surface area is 87.8 Å². The van der Waals surface area contributed by atoms with E-state index in [9.17, 15) is 9.59 Å². The lowest BCUT2D eigenvalue weighted by Crippen LogP contribution is -2.61. The number of rotatable bonds is 3. The van der Waals surface area contributed by atoms with Gasteiger partial charge in [0, 0.05) is 13.0 Å². The van der Waals surface area contributed by atoms with E-state index in [1.807, 2.05) is 0 Å². The molecular weight excluding hydrogens is 200 g/mol. The molecule has 1 atom stereocenters. The zero-order valence-corrected chi connectivity index (χ0v) is 8.87. The topological polar surface area (TPSA) is 102 Å². The van der Waals surface area contributed by atoms with Gasteiger partial charge in [0.25, 0.3) is 0 Å². The maximum absolute atomic E-state index is 11.6. The monoisotopic (exact) mass is 216 g/mol. The summed E-state index contributed by atoms with van der Waals surface area (Å²) in [6.45, 7) is 3.36. The van der Waals surface area contributed by atoms with E-state index in [2.05, 4.69) is 5.32 Å². The summed E-state index contributed by atoms with van der Waals surface area (Å²) < 4.78 is 5.00.